The number of aryl methyl sites for hydroxylation is 2. The van der Waals surface area contributed by atoms with Crippen LogP contribution < -0.4 is 10.1 Å². The van der Waals surface area contributed by atoms with Gasteiger partial charge in [0, 0.05) is 12.1 Å². The van der Waals surface area contributed by atoms with E-state index in [1.165, 1.54) is 0 Å². The number of hydrogen-bond acceptors (Lipinski definition) is 4. The van der Waals surface area contributed by atoms with Crippen molar-refractivity contribution in [3.63, 3.8) is 0 Å². The van der Waals surface area contributed by atoms with Gasteiger partial charge in [0.05, 0.1) is 6.61 Å². The molecular formula is C15H25NO3. The third-order valence-electron chi connectivity index (χ3n) is 2.85. The largest absolute Gasteiger partial charge is 0.491 e. The molecule has 0 saturated heterocycles. The summed E-state index contributed by atoms with van der Waals surface area (Å²) in [6.45, 7) is 8.44. The first-order valence-corrected chi connectivity index (χ1v) is 6.57. The van der Waals surface area contributed by atoms with Crippen molar-refractivity contribution in [2.24, 2.45) is 0 Å². The number of benzene rings is 1. The fourth-order valence-electron chi connectivity index (χ4n) is 1.72. The second kappa shape index (κ2) is 6.89. The first-order valence-electron chi connectivity index (χ1n) is 6.57. The zero-order valence-electron chi connectivity index (χ0n) is 12.2. The van der Waals surface area contributed by atoms with E-state index in [1.54, 1.807) is 0 Å². The van der Waals surface area contributed by atoms with Crippen LogP contribution >= 0.6 is 0 Å². The minimum Gasteiger partial charge on any atom is -0.491 e. The molecule has 4 heteroatoms. The fraction of sp³-hybridized carbons (Fsp3) is 0.600. The van der Waals surface area contributed by atoms with Gasteiger partial charge in [0.2, 0.25) is 0 Å². The molecule has 0 fully saturated rings. The predicted octanol–water partition coefficient (Wildman–Crippen LogP) is 1.40. The van der Waals surface area contributed by atoms with Crippen LogP contribution in [0.25, 0.3) is 0 Å². The van der Waals surface area contributed by atoms with Crippen LogP contribution in [0.15, 0.2) is 18.2 Å². The number of nitrogens with one attached hydrogen (secondary N) is 1. The fourth-order valence-corrected chi connectivity index (χ4v) is 1.72. The SMILES string of the molecule is Cc1cc(C)cc(OC[C@H](O)CNC(C)(C)CO)c1. The number of aliphatic hydroxyl groups excluding tert-OH is 2. The number of β-amino-alcohol motifs (C(OH)–C–C–N with tert-alkyl or cyclic N) is 1. The van der Waals surface area contributed by atoms with Gasteiger partial charge in [0.25, 0.3) is 0 Å². The van der Waals surface area contributed by atoms with Crippen molar-refractivity contribution in [2.45, 2.75) is 39.3 Å². The molecule has 0 aliphatic rings. The summed E-state index contributed by atoms with van der Waals surface area (Å²) in [6, 6.07) is 5.98. The Morgan fingerprint density at radius 1 is 1.21 bits per heavy atom. The zero-order chi connectivity index (χ0) is 14.5. The summed E-state index contributed by atoms with van der Waals surface area (Å²) in [6.07, 6.45) is -0.605. The maximum Gasteiger partial charge on any atom is 0.119 e. The average molecular weight is 267 g/mol. The van der Waals surface area contributed by atoms with Gasteiger partial charge < -0.3 is 20.3 Å². The van der Waals surface area contributed by atoms with Crippen LogP contribution in [0.4, 0.5) is 0 Å². The van der Waals surface area contributed by atoms with E-state index in [9.17, 15) is 5.11 Å². The molecule has 3 N–H and O–H groups in total. The molecule has 0 bridgehead atoms. The van der Waals surface area contributed by atoms with E-state index in [0.717, 1.165) is 16.9 Å². The quantitative estimate of drug-likeness (QED) is 0.699. The van der Waals surface area contributed by atoms with Crippen LogP contribution in [0.3, 0.4) is 0 Å². The summed E-state index contributed by atoms with van der Waals surface area (Å²) >= 11 is 0. The lowest BCUT2D eigenvalue weighted by molar-refractivity contribution is 0.0906. The Balaban J connectivity index is 2.39. The monoisotopic (exact) mass is 267 g/mol. The third kappa shape index (κ3) is 6.05. The van der Waals surface area contributed by atoms with E-state index >= 15 is 0 Å². The highest BCUT2D eigenvalue weighted by Gasteiger charge is 2.17. The highest BCUT2D eigenvalue weighted by Crippen LogP contribution is 2.16. The van der Waals surface area contributed by atoms with Crippen LogP contribution in [0.2, 0.25) is 0 Å². The Morgan fingerprint density at radius 2 is 1.79 bits per heavy atom. The summed E-state index contributed by atoms with van der Waals surface area (Å²) in [5.41, 5.74) is 1.90. The average Bonchev–Trinajstić information content (AvgIpc) is 2.33. The number of aliphatic hydroxyl groups is 2. The van der Waals surface area contributed by atoms with Gasteiger partial charge in [-0.15, -0.1) is 0 Å². The molecule has 1 rings (SSSR count). The van der Waals surface area contributed by atoms with Gasteiger partial charge >= 0.3 is 0 Å². The first kappa shape index (κ1) is 16.0. The van der Waals surface area contributed by atoms with Gasteiger partial charge in [-0.1, -0.05) is 6.07 Å². The minimum atomic E-state index is -0.605. The summed E-state index contributed by atoms with van der Waals surface area (Å²) in [4.78, 5) is 0. The molecule has 0 aliphatic heterocycles. The standard InChI is InChI=1S/C15H25NO3/c1-11-5-12(2)7-14(6-11)19-9-13(18)8-16-15(3,4)10-17/h5-7,13,16-18H,8-10H2,1-4H3/t13-/m1/s1. The molecule has 0 aromatic heterocycles. The van der Waals surface area contributed by atoms with E-state index in [0.29, 0.717) is 6.54 Å². The van der Waals surface area contributed by atoms with E-state index in [2.05, 4.69) is 11.4 Å². The van der Waals surface area contributed by atoms with Gasteiger partial charge in [-0.2, -0.15) is 0 Å². The van der Waals surface area contributed by atoms with Crippen molar-refractivity contribution in [3.05, 3.63) is 29.3 Å². The van der Waals surface area contributed by atoms with Gasteiger partial charge in [-0.3, -0.25) is 0 Å². The van der Waals surface area contributed by atoms with Crippen LogP contribution in [0, 0.1) is 13.8 Å². The van der Waals surface area contributed by atoms with Gasteiger partial charge in [0.15, 0.2) is 0 Å². The molecular weight excluding hydrogens is 242 g/mol. The first-order chi connectivity index (χ1) is 8.82. The molecule has 4 nitrogen and oxygen atoms in total. The topological polar surface area (TPSA) is 61.7 Å². The van der Waals surface area contributed by atoms with Gasteiger partial charge in [-0.25, -0.2) is 0 Å². The van der Waals surface area contributed by atoms with E-state index < -0.39 is 6.10 Å². The number of rotatable bonds is 7. The Morgan fingerprint density at radius 3 is 2.32 bits per heavy atom. The minimum absolute atomic E-state index is 0.0254. The number of hydrogen-bond donors (Lipinski definition) is 3. The predicted molar refractivity (Wildman–Crippen MR) is 76.6 cm³/mol. The second-order valence-corrected chi connectivity index (χ2v) is 5.71. The lowest BCUT2D eigenvalue weighted by atomic mass is 10.1. The zero-order valence-corrected chi connectivity index (χ0v) is 12.2. The van der Waals surface area contributed by atoms with E-state index in [-0.39, 0.29) is 18.8 Å². The Hall–Kier alpha value is -1.10. The van der Waals surface area contributed by atoms with Crippen molar-refractivity contribution >= 4 is 0 Å². The highest BCUT2D eigenvalue weighted by molar-refractivity contribution is 5.32. The van der Waals surface area contributed by atoms with Crippen LogP contribution in [-0.4, -0.2) is 41.6 Å². The molecule has 0 spiro atoms. The Kier molecular flexibility index (Phi) is 5.79. The summed E-state index contributed by atoms with van der Waals surface area (Å²) in [7, 11) is 0. The Bertz CT molecular complexity index is 384. The maximum absolute atomic E-state index is 9.84. The molecule has 108 valence electrons. The van der Waals surface area contributed by atoms with Crippen molar-refractivity contribution in [2.75, 3.05) is 19.8 Å². The molecule has 0 heterocycles. The van der Waals surface area contributed by atoms with E-state index in [1.807, 2.05) is 39.8 Å². The lowest BCUT2D eigenvalue weighted by Crippen LogP contribution is -2.47. The summed E-state index contributed by atoms with van der Waals surface area (Å²) < 4.78 is 5.58. The molecule has 1 aromatic rings. The van der Waals surface area contributed by atoms with E-state index in [4.69, 9.17) is 9.84 Å². The lowest BCUT2D eigenvalue weighted by Gasteiger charge is -2.25. The Labute approximate surface area is 115 Å². The molecule has 1 atom stereocenters. The van der Waals surface area contributed by atoms with Crippen molar-refractivity contribution in [1.29, 1.82) is 0 Å². The molecule has 0 aliphatic carbocycles. The molecule has 19 heavy (non-hydrogen) atoms. The summed E-state index contributed by atoms with van der Waals surface area (Å²) in [5.74, 6) is 0.776. The molecule has 0 amide bonds. The number of ether oxygens (including phenoxy) is 1. The molecule has 0 saturated carbocycles. The maximum atomic E-state index is 9.84. The molecule has 0 unspecified atom stereocenters. The smallest absolute Gasteiger partial charge is 0.119 e. The van der Waals surface area contributed by atoms with Crippen LogP contribution in [0.1, 0.15) is 25.0 Å². The highest BCUT2D eigenvalue weighted by atomic mass is 16.5. The van der Waals surface area contributed by atoms with Crippen LogP contribution in [0.5, 0.6) is 5.75 Å². The molecule has 1 aromatic carbocycles. The van der Waals surface area contributed by atoms with Gasteiger partial charge in [-0.05, 0) is 51.0 Å². The third-order valence-corrected chi connectivity index (χ3v) is 2.85. The summed E-state index contributed by atoms with van der Waals surface area (Å²) in [5, 5.41) is 22.0. The normalized spacial score (nSPS) is 13.4. The van der Waals surface area contributed by atoms with Crippen LogP contribution in [-0.2, 0) is 0 Å². The van der Waals surface area contributed by atoms with Crippen molar-refractivity contribution in [1.82, 2.24) is 5.32 Å². The second-order valence-electron chi connectivity index (χ2n) is 5.71. The van der Waals surface area contributed by atoms with Crippen molar-refractivity contribution in [3.8, 4) is 5.75 Å². The van der Waals surface area contributed by atoms with Crippen molar-refractivity contribution < 1.29 is 14.9 Å². The molecule has 0 radical (unpaired) electrons. The van der Waals surface area contributed by atoms with Gasteiger partial charge in [0.1, 0.15) is 18.5 Å².